The average Bonchev–Trinajstić information content (AvgIpc) is 3.47. The van der Waals surface area contributed by atoms with E-state index in [0.29, 0.717) is 0 Å². The SMILES string of the molecule is C=C1C[C@@H](c2nc3ccc(C(C)(C)C)cc3[nH]2)N(c2c(-n3nccn3)ccc(C)c2C)C1. The van der Waals surface area contributed by atoms with E-state index in [4.69, 9.17) is 4.98 Å². The molecule has 1 aliphatic rings. The van der Waals surface area contributed by atoms with Crippen LogP contribution < -0.4 is 4.90 Å². The summed E-state index contributed by atoms with van der Waals surface area (Å²) in [4.78, 5) is 12.7. The van der Waals surface area contributed by atoms with Crippen molar-refractivity contribution in [3.8, 4) is 5.69 Å². The summed E-state index contributed by atoms with van der Waals surface area (Å²) in [5.74, 6) is 0.977. The van der Waals surface area contributed by atoms with Crippen LogP contribution in [0.5, 0.6) is 0 Å². The van der Waals surface area contributed by atoms with E-state index in [1.165, 1.54) is 22.3 Å². The summed E-state index contributed by atoms with van der Waals surface area (Å²) in [5.41, 5.74) is 9.26. The standard InChI is InChI=1S/C26H30N6/c1-16-13-23(25-29-20-9-8-19(26(4,5)6)14-21(20)30-25)31(15-16)24-18(3)17(2)7-10-22(24)32-27-11-12-28-32/h7-12,14,23H,1,13,15H2,2-6H3,(H,29,30)/t23-/m0/s1. The lowest BCUT2D eigenvalue weighted by molar-refractivity contribution is 0.591. The topological polar surface area (TPSA) is 62.6 Å². The van der Waals surface area contributed by atoms with Gasteiger partial charge in [-0.1, -0.05) is 45.1 Å². The molecule has 0 radical (unpaired) electrons. The molecule has 0 amide bonds. The van der Waals surface area contributed by atoms with Crippen molar-refractivity contribution >= 4 is 16.7 Å². The van der Waals surface area contributed by atoms with Crippen LogP contribution in [0.3, 0.4) is 0 Å². The fourth-order valence-electron chi connectivity index (χ4n) is 4.58. The Kier molecular flexibility index (Phi) is 4.69. The van der Waals surface area contributed by atoms with Gasteiger partial charge in [-0.05, 0) is 60.6 Å². The van der Waals surface area contributed by atoms with Gasteiger partial charge in [-0.25, -0.2) is 4.98 Å². The molecule has 32 heavy (non-hydrogen) atoms. The zero-order valence-electron chi connectivity index (χ0n) is 19.5. The Hall–Kier alpha value is -3.41. The molecule has 6 nitrogen and oxygen atoms in total. The molecule has 164 valence electrons. The smallest absolute Gasteiger partial charge is 0.130 e. The second-order valence-electron chi connectivity index (χ2n) is 9.90. The summed E-state index contributed by atoms with van der Waals surface area (Å²) in [6.07, 6.45) is 4.29. The lowest BCUT2D eigenvalue weighted by Gasteiger charge is -2.29. The Labute approximate surface area is 189 Å². The minimum Gasteiger partial charge on any atom is -0.355 e. The Balaban J connectivity index is 1.63. The highest BCUT2D eigenvalue weighted by molar-refractivity contribution is 5.77. The number of nitrogens with zero attached hydrogens (tertiary/aromatic N) is 5. The fourth-order valence-corrected chi connectivity index (χ4v) is 4.58. The van der Waals surface area contributed by atoms with Crippen molar-refractivity contribution in [2.45, 2.75) is 52.5 Å². The summed E-state index contributed by atoms with van der Waals surface area (Å²) >= 11 is 0. The van der Waals surface area contributed by atoms with Crippen LogP contribution in [0.15, 0.2) is 54.9 Å². The van der Waals surface area contributed by atoms with E-state index in [2.05, 4.69) is 91.6 Å². The monoisotopic (exact) mass is 426 g/mol. The number of fused-ring (bicyclic) bond motifs is 1. The molecule has 1 saturated heterocycles. The first-order chi connectivity index (χ1) is 15.2. The highest BCUT2D eigenvalue weighted by Gasteiger charge is 2.34. The van der Waals surface area contributed by atoms with Gasteiger partial charge in [0.2, 0.25) is 0 Å². The number of aryl methyl sites for hydroxylation is 1. The highest BCUT2D eigenvalue weighted by atomic mass is 15.5. The predicted octanol–water partition coefficient (Wildman–Crippen LogP) is 5.57. The second-order valence-corrected chi connectivity index (χ2v) is 9.90. The lowest BCUT2D eigenvalue weighted by Crippen LogP contribution is -2.26. The average molecular weight is 427 g/mol. The van der Waals surface area contributed by atoms with Crippen LogP contribution in [0, 0.1) is 13.8 Å². The maximum Gasteiger partial charge on any atom is 0.130 e. The number of imidazole rings is 1. The van der Waals surface area contributed by atoms with Gasteiger partial charge in [0.25, 0.3) is 0 Å². The number of rotatable bonds is 3. The van der Waals surface area contributed by atoms with E-state index in [1.807, 2.05) is 0 Å². The van der Waals surface area contributed by atoms with Crippen molar-refractivity contribution < 1.29 is 0 Å². The van der Waals surface area contributed by atoms with Gasteiger partial charge in [0, 0.05) is 6.54 Å². The molecule has 2 aromatic heterocycles. The first kappa shape index (κ1) is 20.5. The normalized spacial score (nSPS) is 17.0. The molecule has 1 fully saturated rings. The minimum absolute atomic E-state index is 0.0859. The number of hydrogen-bond acceptors (Lipinski definition) is 4. The lowest BCUT2D eigenvalue weighted by atomic mass is 9.87. The molecule has 2 aromatic carbocycles. The largest absolute Gasteiger partial charge is 0.355 e. The Morgan fingerprint density at radius 3 is 2.53 bits per heavy atom. The number of aromatic nitrogens is 5. The van der Waals surface area contributed by atoms with E-state index in [0.717, 1.165) is 41.2 Å². The third kappa shape index (κ3) is 3.40. The zero-order chi connectivity index (χ0) is 22.6. The fraction of sp³-hybridized carbons (Fsp3) is 0.346. The number of anilines is 1. The molecule has 1 aliphatic heterocycles. The van der Waals surface area contributed by atoms with Crippen LogP contribution in [0.2, 0.25) is 0 Å². The summed E-state index contributed by atoms with van der Waals surface area (Å²) in [5, 5.41) is 8.81. The number of H-pyrrole nitrogens is 1. The molecule has 0 unspecified atom stereocenters. The Morgan fingerprint density at radius 2 is 1.81 bits per heavy atom. The van der Waals surface area contributed by atoms with E-state index >= 15 is 0 Å². The number of hydrogen-bond donors (Lipinski definition) is 1. The predicted molar refractivity (Wildman–Crippen MR) is 129 cm³/mol. The van der Waals surface area contributed by atoms with Crippen molar-refractivity contribution in [1.82, 2.24) is 25.0 Å². The van der Waals surface area contributed by atoms with Crippen molar-refractivity contribution in [2.75, 3.05) is 11.4 Å². The molecular weight excluding hydrogens is 396 g/mol. The number of aromatic amines is 1. The van der Waals surface area contributed by atoms with Crippen LogP contribution >= 0.6 is 0 Å². The van der Waals surface area contributed by atoms with E-state index in [-0.39, 0.29) is 11.5 Å². The first-order valence-corrected chi connectivity index (χ1v) is 11.1. The van der Waals surface area contributed by atoms with Crippen LogP contribution in [-0.2, 0) is 5.41 Å². The van der Waals surface area contributed by atoms with Crippen molar-refractivity contribution in [3.63, 3.8) is 0 Å². The molecular formula is C26H30N6. The van der Waals surface area contributed by atoms with Crippen molar-refractivity contribution in [1.29, 1.82) is 0 Å². The van der Waals surface area contributed by atoms with Gasteiger partial charge in [0.1, 0.15) is 11.5 Å². The first-order valence-electron chi connectivity index (χ1n) is 11.1. The van der Waals surface area contributed by atoms with Gasteiger partial charge in [0.05, 0.1) is 35.2 Å². The van der Waals surface area contributed by atoms with Crippen molar-refractivity contribution in [3.05, 3.63) is 77.4 Å². The Bertz CT molecular complexity index is 1310. The maximum absolute atomic E-state index is 5.00. The highest BCUT2D eigenvalue weighted by Crippen LogP contribution is 2.42. The molecule has 3 heterocycles. The summed E-state index contributed by atoms with van der Waals surface area (Å²) < 4.78 is 0. The molecule has 1 atom stereocenters. The molecule has 4 aromatic rings. The molecule has 0 aliphatic carbocycles. The molecule has 0 spiro atoms. The molecule has 6 heteroatoms. The van der Waals surface area contributed by atoms with Gasteiger partial charge in [-0.2, -0.15) is 10.2 Å². The minimum atomic E-state index is 0.0859. The second kappa shape index (κ2) is 7.33. The van der Waals surface area contributed by atoms with E-state index in [9.17, 15) is 0 Å². The van der Waals surface area contributed by atoms with Gasteiger partial charge in [0.15, 0.2) is 0 Å². The van der Waals surface area contributed by atoms with Gasteiger partial charge in [-0.15, -0.1) is 4.80 Å². The molecule has 0 saturated carbocycles. The van der Waals surface area contributed by atoms with E-state index in [1.54, 1.807) is 17.2 Å². The van der Waals surface area contributed by atoms with Gasteiger partial charge in [-0.3, -0.25) is 0 Å². The summed E-state index contributed by atoms with van der Waals surface area (Å²) in [6, 6.07) is 10.9. The quantitative estimate of drug-likeness (QED) is 0.435. The van der Waals surface area contributed by atoms with E-state index < -0.39 is 0 Å². The van der Waals surface area contributed by atoms with Crippen LogP contribution in [0.25, 0.3) is 16.7 Å². The van der Waals surface area contributed by atoms with Crippen LogP contribution in [0.4, 0.5) is 5.69 Å². The zero-order valence-corrected chi connectivity index (χ0v) is 19.5. The van der Waals surface area contributed by atoms with Gasteiger partial charge >= 0.3 is 0 Å². The summed E-state index contributed by atoms with van der Waals surface area (Å²) in [6.45, 7) is 16.1. The van der Waals surface area contributed by atoms with Crippen LogP contribution in [-0.4, -0.2) is 31.5 Å². The summed E-state index contributed by atoms with van der Waals surface area (Å²) in [7, 11) is 0. The number of benzene rings is 2. The molecule has 1 N–H and O–H groups in total. The third-order valence-corrected chi connectivity index (χ3v) is 6.54. The Morgan fingerprint density at radius 1 is 1.06 bits per heavy atom. The van der Waals surface area contributed by atoms with Gasteiger partial charge < -0.3 is 9.88 Å². The third-order valence-electron chi connectivity index (χ3n) is 6.54. The van der Waals surface area contributed by atoms with Crippen LogP contribution in [0.1, 0.15) is 55.7 Å². The maximum atomic E-state index is 5.00. The molecule has 0 bridgehead atoms. The van der Waals surface area contributed by atoms with Crippen molar-refractivity contribution in [2.24, 2.45) is 0 Å². The molecule has 5 rings (SSSR count). The number of nitrogens with one attached hydrogen (secondary N) is 1.